The van der Waals surface area contributed by atoms with E-state index in [1.165, 1.54) is 16.8 Å². The molecule has 2 aromatic carbocycles. The Morgan fingerprint density at radius 3 is 2.41 bits per heavy atom. The van der Waals surface area contributed by atoms with Gasteiger partial charge in [-0.15, -0.1) is 0 Å². The fourth-order valence-electron chi connectivity index (χ4n) is 8.41. The monoisotopic (exact) mass is 946 g/mol. The minimum Gasteiger partial charge on any atom is -0.379 e. The minimum absolute atomic E-state index is 0.117. The highest BCUT2D eigenvalue weighted by atomic mass is 19.1. The molecule has 1 saturated heterocycles. The van der Waals surface area contributed by atoms with E-state index >= 15 is 0 Å². The molecule has 1 fully saturated rings. The topological polar surface area (TPSA) is 202 Å². The summed E-state index contributed by atoms with van der Waals surface area (Å²) >= 11 is 0. The first-order valence-electron chi connectivity index (χ1n) is 23.6. The molecule has 6 aromatic rings. The number of pyridine rings is 1. The predicted octanol–water partition coefficient (Wildman–Crippen LogP) is 5.51. The van der Waals surface area contributed by atoms with Crippen LogP contribution < -0.4 is 21.3 Å². The van der Waals surface area contributed by atoms with Gasteiger partial charge in [-0.3, -0.25) is 23.9 Å². The standard InChI is InChI=1S/C51H64FN11O6/c1-7-43(35-13-9-8-10-14-35)59-49(66)44-24-40(32-62(44)50(67)46(51(3,4)5)60-48(65)33(2)53-6)54-17-19-69-21-20-68-18-16-45(64)63-31-37(26-58-63)36-23-41-42(28-56-47(41)55-25-36)38-27-57-61(30-38)29-34-12-11-15-39(52)22-34/h8-15,22-23,25-28,30-31,33,40,43-44,46,53-54H,7,16-21,24,29,32H2,1-6H3,(H,55,56)(H,59,66)(H,60,65)/t33-,40-,43+,44-,46+/m0/s1. The number of likely N-dealkylation sites (N-methyl/N-ethyl adjacent to an activating group) is 1. The van der Waals surface area contributed by atoms with E-state index in [-0.39, 0.29) is 67.7 Å². The quantitative estimate of drug-likeness (QED) is 0.0538. The predicted molar refractivity (Wildman–Crippen MR) is 260 cm³/mol. The van der Waals surface area contributed by atoms with Crippen molar-refractivity contribution in [3.63, 3.8) is 0 Å². The van der Waals surface area contributed by atoms with Crippen LogP contribution in [-0.2, 0) is 30.4 Å². The maximum Gasteiger partial charge on any atom is 0.249 e. The van der Waals surface area contributed by atoms with Crippen LogP contribution in [0.3, 0.4) is 0 Å². The minimum atomic E-state index is -0.856. The number of aromatic amines is 1. The molecule has 5 heterocycles. The number of nitrogens with one attached hydrogen (secondary N) is 5. The average Bonchev–Trinajstić information content (AvgIpc) is 4.18. The molecule has 0 unspecified atom stereocenters. The summed E-state index contributed by atoms with van der Waals surface area (Å²) in [6.07, 6.45) is 11.8. The zero-order chi connectivity index (χ0) is 49.1. The van der Waals surface area contributed by atoms with E-state index in [2.05, 4.69) is 41.4 Å². The van der Waals surface area contributed by atoms with Crippen molar-refractivity contribution in [2.24, 2.45) is 5.41 Å². The Morgan fingerprint density at radius 2 is 1.67 bits per heavy atom. The van der Waals surface area contributed by atoms with Crippen LogP contribution in [0.2, 0.25) is 0 Å². The number of benzene rings is 2. The largest absolute Gasteiger partial charge is 0.379 e. The van der Waals surface area contributed by atoms with Crippen LogP contribution in [0.5, 0.6) is 0 Å². The SMILES string of the molecule is CC[C@@H](NC(=O)[C@@H]1C[C@H](NCCOCCOCCC(=O)n2cc(-c3cnc4[nH]cc(-c5cnn(Cc6cccc(F)c6)c5)c4c3)cn2)CN1C(=O)[C@@H](NC(=O)[C@H](C)NC)C(C)(C)C)c1ccccc1. The van der Waals surface area contributed by atoms with Crippen LogP contribution in [0.4, 0.5) is 4.39 Å². The van der Waals surface area contributed by atoms with Gasteiger partial charge in [-0.25, -0.2) is 14.1 Å². The Balaban J connectivity index is 0.859. The number of halogens is 1. The number of likely N-dealkylation sites (tertiary alicyclic amines) is 1. The molecule has 0 radical (unpaired) electrons. The van der Waals surface area contributed by atoms with Crippen molar-refractivity contribution in [1.29, 1.82) is 0 Å². The van der Waals surface area contributed by atoms with Crippen molar-refractivity contribution in [3.8, 4) is 22.3 Å². The lowest BCUT2D eigenvalue weighted by Gasteiger charge is -2.36. The van der Waals surface area contributed by atoms with Crippen LogP contribution in [0.15, 0.2) is 97.8 Å². The number of aromatic nitrogens is 6. The zero-order valence-electron chi connectivity index (χ0n) is 40.2. The first-order valence-corrected chi connectivity index (χ1v) is 23.6. The van der Waals surface area contributed by atoms with Crippen molar-refractivity contribution in [1.82, 2.24) is 55.7 Å². The van der Waals surface area contributed by atoms with Crippen molar-refractivity contribution in [2.45, 2.75) is 90.6 Å². The second-order valence-electron chi connectivity index (χ2n) is 18.5. The van der Waals surface area contributed by atoms with E-state index in [4.69, 9.17) is 9.47 Å². The average molecular weight is 946 g/mol. The molecule has 1 aliphatic rings. The van der Waals surface area contributed by atoms with Gasteiger partial charge in [0.1, 0.15) is 23.5 Å². The lowest BCUT2D eigenvalue weighted by Crippen LogP contribution is -2.59. The third-order valence-electron chi connectivity index (χ3n) is 12.4. The summed E-state index contributed by atoms with van der Waals surface area (Å²) in [6, 6.07) is 15.7. The molecule has 0 aliphatic carbocycles. The number of amides is 3. The molecule has 5 N–H and O–H groups in total. The van der Waals surface area contributed by atoms with Crippen LogP contribution in [0.25, 0.3) is 33.3 Å². The molecular formula is C51H64FN11O6. The number of H-pyrrole nitrogens is 1. The van der Waals surface area contributed by atoms with Gasteiger partial charge in [0, 0.05) is 71.6 Å². The van der Waals surface area contributed by atoms with Crippen molar-refractivity contribution in [3.05, 3.63) is 115 Å². The molecule has 17 nitrogen and oxygen atoms in total. The van der Waals surface area contributed by atoms with Gasteiger partial charge in [0.15, 0.2) is 0 Å². The Hall–Kier alpha value is -6.60. The van der Waals surface area contributed by atoms with E-state index in [1.807, 2.05) is 82.6 Å². The smallest absolute Gasteiger partial charge is 0.249 e. The van der Waals surface area contributed by atoms with Crippen molar-refractivity contribution in [2.75, 3.05) is 46.6 Å². The van der Waals surface area contributed by atoms with Crippen LogP contribution in [0, 0.1) is 11.2 Å². The summed E-state index contributed by atoms with van der Waals surface area (Å²) in [7, 11) is 1.69. The Labute approximate surface area is 401 Å². The fraction of sp³-hybridized carbons (Fsp3) is 0.431. The zero-order valence-corrected chi connectivity index (χ0v) is 40.2. The number of fused-ring (bicyclic) bond motifs is 1. The number of hydrogen-bond acceptors (Lipinski definition) is 11. The second-order valence-corrected chi connectivity index (χ2v) is 18.5. The second kappa shape index (κ2) is 23.1. The molecule has 7 rings (SSSR count). The number of hydrogen-bond donors (Lipinski definition) is 5. The van der Waals surface area contributed by atoms with E-state index in [1.54, 1.807) is 54.4 Å². The number of ether oxygens (including phenoxy) is 2. The van der Waals surface area contributed by atoms with E-state index in [9.17, 15) is 23.6 Å². The van der Waals surface area contributed by atoms with E-state index < -0.39 is 23.5 Å². The summed E-state index contributed by atoms with van der Waals surface area (Å²) in [4.78, 5) is 63.8. The first-order chi connectivity index (χ1) is 33.2. The van der Waals surface area contributed by atoms with Gasteiger partial charge in [0.05, 0.1) is 63.9 Å². The molecular weight excluding hydrogens is 882 g/mol. The van der Waals surface area contributed by atoms with E-state index in [0.717, 1.165) is 38.8 Å². The van der Waals surface area contributed by atoms with Gasteiger partial charge < -0.3 is 40.6 Å². The highest BCUT2D eigenvalue weighted by Gasteiger charge is 2.45. The van der Waals surface area contributed by atoms with Crippen molar-refractivity contribution >= 4 is 34.7 Å². The molecule has 69 heavy (non-hydrogen) atoms. The fourth-order valence-corrected chi connectivity index (χ4v) is 8.41. The number of carbonyl (C=O) groups excluding carboxylic acids is 4. The maximum absolute atomic E-state index is 14.3. The highest BCUT2D eigenvalue weighted by molar-refractivity contribution is 5.96. The third-order valence-corrected chi connectivity index (χ3v) is 12.4. The first kappa shape index (κ1) is 50.3. The molecule has 0 spiro atoms. The van der Waals surface area contributed by atoms with Crippen LogP contribution in [-0.4, -0.2) is 129 Å². The Morgan fingerprint density at radius 1 is 0.899 bits per heavy atom. The molecule has 3 amide bonds. The Bertz CT molecular complexity index is 2680. The lowest BCUT2D eigenvalue weighted by molar-refractivity contribution is -0.144. The molecule has 18 heteroatoms. The van der Waals surface area contributed by atoms with Gasteiger partial charge in [0.25, 0.3) is 0 Å². The van der Waals surface area contributed by atoms with Gasteiger partial charge in [-0.1, -0.05) is 70.2 Å². The highest BCUT2D eigenvalue weighted by Crippen LogP contribution is 2.31. The number of nitrogens with zero attached hydrogens (tertiary/aromatic N) is 6. The van der Waals surface area contributed by atoms with Gasteiger partial charge >= 0.3 is 0 Å². The van der Waals surface area contributed by atoms with Crippen LogP contribution >= 0.6 is 0 Å². The molecule has 0 saturated carbocycles. The normalized spacial score (nSPS) is 16.4. The summed E-state index contributed by atoms with van der Waals surface area (Å²) in [5, 5.41) is 22.2. The molecule has 1 aliphatic heterocycles. The molecule has 5 atom stereocenters. The number of carbonyl (C=O) groups is 4. The summed E-state index contributed by atoms with van der Waals surface area (Å²) in [6.45, 7) is 11.8. The summed E-state index contributed by atoms with van der Waals surface area (Å²) in [5.41, 5.74) is 5.19. The third kappa shape index (κ3) is 12.9. The molecule has 366 valence electrons. The molecule has 0 bridgehead atoms. The molecule has 4 aromatic heterocycles. The number of rotatable bonds is 22. The van der Waals surface area contributed by atoms with Gasteiger partial charge in [0.2, 0.25) is 23.6 Å². The van der Waals surface area contributed by atoms with Crippen LogP contribution in [0.1, 0.15) is 75.8 Å². The summed E-state index contributed by atoms with van der Waals surface area (Å²) < 4.78 is 28.3. The van der Waals surface area contributed by atoms with E-state index in [0.29, 0.717) is 44.8 Å². The Kier molecular flexibility index (Phi) is 16.9. The maximum atomic E-state index is 14.3. The summed E-state index contributed by atoms with van der Waals surface area (Å²) in [5.74, 6) is -1.36. The van der Waals surface area contributed by atoms with Gasteiger partial charge in [-0.2, -0.15) is 10.2 Å². The lowest BCUT2D eigenvalue weighted by atomic mass is 9.85. The van der Waals surface area contributed by atoms with Gasteiger partial charge in [-0.05, 0) is 61.6 Å². The van der Waals surface area contributed by atoms with Crippen molar-refractivity contribution < 1.29 is 33.0 Å².